The Morgan fingerprint density at radius 1 is 0.625 bits per heavy atom. The minimum atomic E-state index is 0.770. The molecule has 32 heavy (non-hydrogen) atoms. The second-order valence-electron chi connectivity index (χ2n) is 8.06. The van der Waals surface area contributed by atoms with Gasteiger partial charge in [-0.2, -0.15) is 0 Å². The smallest absolute Gasteiger partial charge is 0.126 e. The van der Waals surface area contributed by atoms with Crippen molar-refractivity contribution in [2.75, 3.05) is 0 Å². The summed E-state index contributed by atoms with van der Waals surface area (Å²) in [6.07, 6.45) is 1.81. The molecule has 0 unspecified atom stereocenters. The zero-order valence-corrected chi connectivity index (χ0v) is 17.9. The summed E-state index contributed by atoms with van der Waals surface area (Å²) in [6.45, 7) is 3.92. The molecule has 2 heterocycles. The minimum absolute atomic E-state index is 0.770. The molecule has 0 atom stereocenters. The van der Waals surface area contributed by atoms with Crippen LogP contribution in [-0.4, -0.2) is 19.9 Å². The van der Waals surface area contributed by atoms with E-state index in [1.807, 2.05) is 32.2 Å². The number of aryl methyl sites for hydroxylation is 2. The number of aromatic nitrogens is 4. The molecule has 0 radical (unpaired) electrons. The number of hydrogen-bond acceptors (Lipinski definition) is 4. The monoisotopic (exact) mass is 412 g/mol. The lowest BCUT2D eigenvalue weighted by Crippen LogP contribution is -1.95. The Kier molecular flexibility index (Phi) is 4.18. The summed E-state index contributed by atoms with van der Waals surface area (Å²) in [7, 11) is 0. The number of nitrogens with zero attached hydrogens (tertiary/aromatic N) is 4. The first kappa shape index (κ1) is 18.6. The Balaban J connectivity index is 1.55. The van der Waals surface area contributed by atoms with E-state index in [1.165, 1.54) is 10.8 Å². The fourth-order valence-corrected chi connectivity index (χ4v) is 4.39. The fourth-order valence-electron chi connectivity index (χ4n) is 4.39. The molecule has 0 N–H and O–H groups in total. The van der Waals surface area contributed by atoms with Crippen molar-refractivity contribution in [1.82, 2.24) is 19.9 Å². The minimum Gasteiger partial charge on any atom is -0.253 e. The van der Waals surface area contributed by atoms with Gasteiger partial charge in [-0.1, -0.05) is 66.7 Å². The van der Waals surface area contributed by atoms with Gasteiger partial charge < -0.3 is 0 Å². The van der Waals surface area contributed by atoms with Crippen molar-refractivity contribution in [3.8, 4) is 22.4 Å². The zero-order chi connectivity index (χ0) is 21.7. The molecule has 4 aromatic carbocycles. The van der Waals surface area contributed by atoms with Gasteiger partial charge in [-0.3, -0.25) is 4.98 Å². The molecule has 0 spiro atoms. The average molecular weight is 412 g/mol. The summed E-state index contributed by atoms with van der Waals surface area (Å²) in [4.78, 5) is 18.8. The van der Waals surface area contributed by atoms with Gasteiger partial charge in [0.25, 0.3) is 0 Å². The van der Waals surface area contributed by atoms with E-state index in [2.05, 4.69) is 71.7 Å². The van der Waals surface area contributed by atoms with Crippen LogP contribution >= 0.6 is 0 Å². The molecule has 6 aromatic rings. The molecule has 0 bridgehead atoms. The van der Waals surface area contributed by atoms with Crippen LogP contribution in [0, 0.1) is 13.8 Å². The van der Waals surface area contributed by atoms with Crippen LogP contribution < -0.4 is 0 Å². The topological polar surface area (TPSA) is 51.6 Å². The molecule has 2 aromatic heterocycles. The molecular formula is C28H20N4. The van der Waals surface area contributed by atoms with Crippen molar-refractivity contribution >= 4 is 32.7 Å². The van der Waals surface area contributed by atoms with Gasteiger partial charge in [-0.25, -0.2) is 15.0 Å². The molecule has 6 rings (SSSR count). The van der Waals surface area contributed by atoms with E-state index in [1.54, 1.807) is 0 Å². The third kappa shape index (κ3) is 3.00. The van der Waals surface area contributed by atoms with Crippen molar-refractivity contribution < 1.29 is 0 Å². The lowest BCUT2D eigenvalue weighted by molar-refractivity contribution is 1.10. The lowest BCUT2D eigenvalue weighted by atomic mass is 9.97. The summed E-state index contributed by atoms with van der Waals surface area (Å²) in [5, 5.41) is 3.45. The van der Waals surface area contributed by atoms with E-state index in [0.29, 0.717) is 0 Å². The molecule has 152 valence electrons. The van der Waals surface area contributed by atoms with Gasteiger partial charge in [0.1, 0.15) is 5.82 Å². The number of fused-ring (bicyclic) bond motifs is 4. The Morgan fingerprint density at radius 2 is 1.44 bits per heavy atom. The van der Waals surface area contributed by atoms with Crippen LogP contribution in [-0.2, 0) is 0 Å². The maximum atomic E-state index is 4.85. The first-order valence-electron chi connectivity index (χ1n) is 10.7. The van der Waals surface area contributed by atoms with Crippen LogP contribution in [0.25, 0.3) is 55.1 Å². The van der Waals surface area contributed by atoms with Crippen LogP contribution in [0.3, 0.4) is 0 Å². The summed E-state index contributed by atoms with van der Waals surface area (Å²) >= 11 is 0. The number of para-hydroxylation sites is 1. The molecule has 0 saturated heterocycles. The van der Waals surface area contributed by atoms with Crippen molar-refractivity contribution in [3.63, 3.8) is 0 Å². The summed E-state index contributed by atoms with van der Waals surface area (Å²) < 4.78 is 0. The average Bonchev–Trinajstić information content (AvgIpc) is 2.83. The van der Waals surface area contributed by atoms with Crippen LogP contribution in [0.15, 0.2) is 85.1 Å². The van der Waals surface area contributed by atoms with Gasteiger partial charge in [0, 0.05) is 22.7 Å². The highest BCUT2D eigenvalue weighted by molar-refractivity contribution is 6.12. The van der Waals surface area contributed by atoms with Crippen molar-refractivity contribution in [2.45, 2.75) is 13.8 Å². The van der Waals surface area contributed by atoms with Gasteiger partial charge in [-0.05, 0) is 42.3 Å². The van der Waals surface area contributed by atoms with Crippen molar-refractivity contribution in [2.24, 2.45) is 0 Å². The van der Waals surface area contributed by atoms with E-state index in [-0.39, 0.29) is 0 Å². The predicted molar refractivity (Wildman–Crippen MR) is 130 cm³/mol. The van der Waals surface area contributed by atoms with Gasteiger partial charge in [-0.15, -0.1) is 0 Å². The predicted octanol–water partition coefficient (Wildman–Crippen LogP) is 6.68. The van der Waals surface area contributed by atoms with Gasteiger partial charge in [0.2, 0.25) is 0 Å². The molecule has 0 aliphatic heterocycles. The van der Waals surface area contributed by atoms with Gasteiger partial charge in [0.15, 0.2) is 0 Å². The van der Waals surface area contributed by atoms with E-state index < -0.39 is 0 Å². The van der Waals surface area contributed by atoms with E-state index in [4.69, 9.17) is 15.0 Å². The Morgan fingerprint density at radius 3 is 2.31 bits per heavy atom. The SMILES string of the molecule is Cc1cnc2cccc(-c3ccc(-c4nc(C)nc5ccc6ccccc6c45)cc3)c2n1. The summed E-state index contributed by atoms with van der Waals surface area (Å²) in [5.74, 6) is 0.770. The van der Waals surface area contributed by atoms with E-state index in [0.717, 1.165) is 55.8 Å². The Hall–Kier alpha value is -4.18. The van der Waals surface area contributed by atoms with Crippen LogP contribution in [0.1, 0.15) is 11.5 Å². The van der Waals surface area contributed by atoms with E-state index in [9.17, 15) is 0 Å². The second kappa shape index (κ2) is 7.20. The first-order valence-corrected chi connectivity index (χ1v) is 10.7. The number of rotatable bonds is 2. The highest BCUT2D eigenvalue weighted by atomic mass is 14.9. The third-order valence-corrected chi connectivity index (χ3v) is 5.86. The maximum Gasteiger partial charge on any atom is 0.126 e. The number of benzene rings is 4. The quantitative estimate of drug-likeness (QED) is 0.298. The molecule has 0 fully saturated rings. The summed E-state index contributed by atoms with van der Waals surface area (Å²) in [5.41, 5.74) is 7.94. The molecule has 0 amide bonds. The molecule has 0 aliphatic carbocycles. The summed E-state index contributed by atoms with van der Waals surface area (Å²) in [6, 6.07) is 27.3. The third-order valence-electron chi connectivity index (χ3n) is 5.86. The first-order chi connectivity index (χ1) is 15.7. The largest absolute Gasteiger partial charge is 0.253 e. The van der Waals surface area contributed by atoms with E-state index >= 15 is 0 Å². The fraction of sp³-hybridized carbons (Fsp3) is 0.0714. The van der Waals surface area contributed by atoms with Crippen molar-refractivity contribution in [3.05, 3.63) is 96.6 Å². The molecule has 0 aliphatic rings. The van der Waals surface area contributed by atoms with Crippen LogP contribution in [0.5, 0.6) is 0 Å². The lowest BCUT2D eigenvalue weighted by Gasteiger charge is -2.11. The van der Waals surface area contributed by atoms with Gasteiger partial charge >= 0.3 is 0 Å². The molecule has 0 saturated carbocycles. The molecule has 4 heteroatoms. The maximum absolute atomic E-state index is 4.85. The van der Waals surface area contributed by atoms with Crippen LogP contribution in [0.2, 0.25) is 0 Å². The second-order valence-corrected chi connectivity index (χ2v) is 8.06. The van der Waals surface area contributed by atoms with Crippen molar-refractivity contribution in [1.29, 1.82) is 0 Å². The molecule has 4 nitrogen and oxygen atoms in total. The Bertz CT molecular complexity index is 1640. The van der Waals surface area contributed by atoms with Gasteiger partial charge in [0.05, 0.1) is 27.9 Å². The highest BCUT2D eigenvalue weighted by Gasteiger charge is 2.13. The molecular weight excluding hydrogens is 392 g/mol. The number of hydrogen-bond donors (Lipinski definition) is 0. The highest BCUT2D eigenvalue weighted by Crippen LogP contribution is 2.34. The normalized spacial score (nSPS) is 11.4. The standard InChI is InChI=1S/C28H20N4/c1-17-16-29-25-9-5-8-23(28(25)30-17)20-10-12-21(13-11-20)27-26-22-7-4-3-6-19(22)14-15-24(26)31-18(2)32-27/h3-16H,1-2H3. The Labute approximate surface area is 185 Å². The van der Waals surface area contributed by atoms with Crippen LogP contribution in [0.4, 0.5) is 0 Å². The zero-order valence-electron chi connectivity index (χ0n) is 17.9.